The number of rotatable bonds is 9. The van der Waals surface area contributed by atoms with Crippen molar-refractivity contribution in [3.05, 3.63) is 98.8 Å². The molecule has 6 nitrogen and oxygen atoms in total. The second-order valence-electron chi connectivity index (χ2n) is 9.77. The average molecular weight is 571 g/mol. The van der Waals surface area contributed by atoms with E-state index in [2.05, 4.69) is 44.1 Å². The lowest BCUT2D eigenvalue weighted by Crippen LogP contribution is -2.14. The third-order valence-electron chi connectivity index (χ3n) is 6.17. The third kappa shape index (κ3) is 6.01. The van der Waals surface area contributed by atoms with Gasteiger partial charge in [0.25, 0.3) is 0 Å². The molecule has 4 rings (SSSR count). The zero-order valence-corrected chi connectivity index (χ0v) is 24.2. The number of aromatic carboxylic acids is 1. The van der Waals surface area contributed by atoms with E-state index in [9.17, 15) is 9.90 Å². The number of halogens is 2. The van der Waals surface area contributed by atoms with Gasteiger partial charge in [-0.05, 0) is 80.3 Å². The number of carbonyl (C=O) groups is 1. The van der Waals surface area contributed by atoms with Crippen molar-refractivity contribution in [3.8, 4) is 11.4 Å². The van der Waals surface area contributed by atoms with Crippen LogP contribution in [0.25, 0.3) is 5.69 Å². The van der Waals surface area contributed by atoms with Crippen LogP contribution in [0.2, 0.25) is 10.0 Å². The zero-order valence-electron chi connectivity index (χ0n) is 21.8. The molecule has 0 spiro atoms. The Morgan fingerprint density at radius 3 is 2.39 bits per heavy atom. The minimum atomic E-state index is -0.933. The average Bonchev–Trinajstić information content (AvgIpc) is 3.26. The number of carboxylic acids is 1. The van der Waals surface area contributed by atoms with Crippen molar-refractivity contribution >= 4 is 40.9 Å². The highest BCUT2D eigenvalue weighted by atomic mass is 35.5. The van der Waals surface area contributed by atoms with E-state index in [1.54, 1.807) is 52.8 Å². The van der Waals surface area contributed by atoms with E-state index in [-0.39, 0.29) is 22.8 Å². The van der Waals surface area contributed by atoms with Crippen LogP contribution in [-0.4, -0.2) is 26.1 Å². The lowest BCUT2D eigenvalue weighted by molar-refractivity contribution is 0.0696. The molecule has 0 saturated heterocycles. The third-order valence-corrected chi connectivity index (χ3v) is 8.00. The van der Waals surface area contributed by atoms with Gasteiger partial charge in [-0.25, -0.2) is 9.48 Å². The Hall–Kier alpha value is -3.00. The molecule has 0 atom stereocenters. The van der Waals surface area contributed by atoms with Crippen LogP contribution in [0, 0.1) is 6.92 Å². The summed E-state index contributed by atoms with van der Waals surface area (Å²) in [6, 6.07) is 18.3. The fourth-order valence-electron chi connectivity index (χ4n) is 4.36. The van der Waals surface area contributed by atoms with Crippen molar-refractivity contribution in [2.45, 2.75) is 56.8 Å². The molecule has 1 aromatic heterocycles. The summed E-state index contributed by atoms with van der Waals surface area (Å²) in [4.78, 5) is 12.3. The van der Waals surface area contributed by atoms with Crippen LogP contribution in [0.4, 0.5) is 0 Å². The van der Waals surface area contributed by atoms with E-state index in [0.717, 1.165) is 27.4 Å². The molecule has 0 saturated carbocycles. The molecule has 38 heavy (non-hydrogen) atoms. The summed E-state index contributed by atoms with van der Waals surface area (Å²) < 4.78 is 7.59. The summed E-state index contributed by atoms with van der Waals surface area (Å²) in [6.45, 7) is 10.6. The molecule has 0 amide bonds. The standard InChI is InChI=1S/C29H29Cl2N3O3S/c1-17(2)26-25(34(33-32-26)27-23(30)10-7-11-24(27)31)16-37-20-12-13-22(18(3)14-20)29(4,5)38-21-9-6-8-19(15-21)28(35)36/h6-15,17H,16H2,1-5H3,(H,35,36). The summed E-state index contributed by atoms with van der Waals surface area (Å²) in [5.74, 6) is -0.0882. The summed E-state index contributed by atoms with van der Waals surface area (Å²) in [6.07, 6.45) is 0. The van der Waals surface area contributed by atoms with Crippen molar-refractivity contribution in [3.63, 3.8) is 0 Å². The summed E-state index contributed by atoms with van der Waals surface area (Å²) in [5, 5.41) is 19.0. The fraction of sp³-hybridized carbons (Fsp3) is 0.276. The van der Waals surface area contributed by atoms with Crippen molar-refractivity contribution in [2.24, 2.45) is 0 Å². The van der Waals surface area contributed by atoms with E-state index >= 15 is 0 Å². The SMILES string of the molecule is Cc1cc(OCc2c(C(C)C)nnn2-c2c(Cl)cccc2Cl)ccc1C(C)(C)Sc1cccc(C(=O)O)c1. The van der Waals surface area contributed by atoms with E-state index in [1.165, 1.54) is 0 Å². The van der Waals surface area contributed by atoms with Gasteiger partial charge in [-0.2, -0.15) is 0 Å². The summed E-state index contributed by atoms with van der Waals surface area (Å²) in [7, 11) is 0. The molecule has 0 radical (unpaired) electrons. The van der Waals surface area contributed by atoms with E-state index < -0.39 is 5.97 Å². The van der Waals surface area contributed by atoms with Crippen molar-refractivity contribution in [1.29, 1.82) is 0 Å². The predicted molar refractivity (Wildman–Crippen MR) is 153 cm³/mol. The molecule has 3 aromatic carbocycles. The highest BCUT2D eigenvalue weighted by Crippen LogP contribution is 2.43. The Morgan fingerprint density at radius 1 is 1.08 bits per heavy atom. The second-order valence-corrected chi connectivity index (χ2v) is 12.3. The molecule has 0 bridgehead atoms. The first-order valence-electron chi connectivity index (χ1n) is 12.1. The highest BCUT2D eigenvalue weighted by Gasteiger charge is 2.25. The topological polar surface area (TPSA) is 77.2 Å². The number of hydrogen-bond donors (Lipinski definition) is 1. The van der Waals surface area contributed by atoms with Gasteiger partial charge in [0.05, 0.1) is 21.3 Å². The molecule has 1 heterocycles. The van der Waals surface area contributed by atoms with Crippen LogP contribution in [0.15, 0.2) is 65.6 Å². The minimum absolute atomic E-state index is 0.130. The molecule has 1 N–H and O–H groups in total. The first kappa shape index (κ1) is 28.0. The van der Waals surface area contributed by atoms with Crippen molar-refractivity contribution < 1.29 is 14.6 Å². The van der Waals surface area contributed by atoms with Crippen LogP contribution >= 0.6 is 35.0 Å². The van der Waals surface area contributed by atoms with E-state index in [0.29, 0.717) is 21.5 Å². The van der Waals surface area contributed by atoms with E-state index in [1.807, 2.05) is 25.1 Å². The van der Waals surface area contributed by atoms with Gasteiger partial charge in [-0.1, -0.05) is 60.5 Å². The lowest BCUT2D eigenvalue weighted by Gasteiger charge is -2.27. The predicted octanol–water partition coefficient (Wildman–Crippen LogP) is 8.31. The molecule has 0 aliphatic heterocycles. The molecular formula is C29H29Cl2N3O3S. The lowest BCUT2D eigenvalue weighted by atomic mass is 9.97. The zero-order chi connectivity index (χ0) is 27.6. The van der Waals surface area contributed by atoms with Crippen LogP contribution < -0.4 is 4.74 Å². The maximum atomic E-state index is 11.4. The number of nitrogens with zero attached hydrogens (tertiary/aromatic N) is 3. The molecule has 0 fully saturated rings. The van der Waals surface area contributed by atoms with Gasteiger partial charge in [0, 0.05) is 9.64 Å². The maximum Gasteiger partial charge on any atom is 0.335 e. The molecular weight excluding hydrogens is 541 g/mol. The van der Waals surface area contributed by atoms with E-state index in [4.69, 9.17) is 27.9 Å². The number of hydrogen-bond acceptors (Lipinski definition) is 5. The fourth-order valence-corrected chi connectivity index (χ4v) is 6.18. The van der Waals surface area contributed by atoms with Gasteiger partial charge < -0.3 is 9.84 Å². The number of aryl methyl sites for hydroxylation is 1. The highest BCUT2D eigenvalue weighted by molar-refractivity contribution is 8.00. The van der Waals surface area contributed by atoms with Gasteiger partial charge in [-0.15, -0.1) is 16.9 Å². The Bertz CT molecular complexity index is 1460. The number of thioether (sulfide) groups is 1. The van der Waals surface area contributed by atoms with Crippen molar-refractivity contribution in [1.82, 2.24) is 15.0 Å². The quantitative estimate of drug-likeness (QED) is 0.204. The van der Waals surface area contributed by atoms with Crippen LogP contribution in [-0.2, 0) is 11.4 Å². The number of aromatic nitrogens is 3. The number of benzene rings is 3. The van der Waals surface area contributed by atoms with Crippen LogP contribution in [0.5, 0.6) is 5.75 Å². The Labute approximate surface area is 236 Å². The molecule has 198 valence electrons. The minimum Gasteiger partial charge on any atom is -0.487 e. The molecule has 9 heteroatoms. The second kappa shape index (κ2) is 11.4. The van der Waals surface area contributed by atoms with Crippen LogP contribution in [0.1, 0.15) is 66.5 Å². The first-order chi connectivity index (χ1) is 18.0. The van der Waals surface area contributed by atoms with Gasteiger partial charge in [-0.3, -0.25) is 0 Å². The monoisotopic (exact) mass is 569 g/mol. The van der Waals surface area contributed by atoms with Crippen LogP contribution in [0.3, 0.4) is 0 Å². The first-order valence-corrected chi connectivity index (χ1v) is 13.7. The maximum absolute atomic E-state index is 11.4. The summed E-state index contributed by atoms with van der Waals surface area (Å²) >= 11 is 14.5. The Balaban J connectivity index is 1.57. The normalized spacial score (nSPS) is 11.7. The molecule has 0 unspecified atom stereocenters. The van der Waals surface area contributed by atoms with Gasteiger partial charge in [0.1, 0.15) is 23.7 Å². The largest absolute Gasteiger partial charge is 0.487 e. The van der Waals surface area contributed by atoms with Gasteiger partial charge in [0.2, 0.25) is 0 Å². The summed E-state index contributed by atoms with van der Waals surface area (Å²) in [5.41, 5.74) is 4.65. The van der Waals surface area contributed by atoms with Gasteiger partial charge in [0.15, 0.2) is 0 Å². The smallest absolute Gasteiger partial charge is 0.335 e. The number of carboxylic acid groups (broad SMARTS) is 1. The van der Waals surface area contributed by atoms with Crippen molar-refractivity contribution in [2.75, 3.05) is 0 Å². The number of para-hydroxylation sites is 1. The molecule has 0 aliphatic rings. The molecule has 0 aliphatic carbocycles. The number of ether oxygens (including phenoxy) is 1. The van der Waals surface area contributed by atoms with Gasteiger partial charge >= 0.3 is 5.97 Å². The Kier molecular flexibility index (Phi) is 8.40. The Morgan fingerprint density at radius 2 is 1.76 bits per heavy atom. The molecule has 4 aromatic rings.